The van der Waals surface area contributed by atoms with E-state index in [1.54, 1.807) is 38.4 Å². The van der Waals surface area contributed by atoms with Crippen molar-refractivity contribution in [3.8, 4) is 11.5 Å². The number of benzene rings is 1. The van der Waals surface area contributed by atoms with Crippen LogP contribution in [-0.2, 0) is 0 Å². The molecule has 0 unspecified atom stereocenters. The lowest BCUT2D eigenvalue weighted by molar-refractivity contribution is 0.0824. The fourth-order valence-corrected chi connectivity index (χ4v) is 1.34. The molecule has 17 heavy (non-hydrogen) atoms. The van der Waals surface area contributed by atoms with E-state index in [-0.39, 0.29) is 5.91 Å². The van der Waals surface area contributed by atoms with Crippen molar-refractivity contribution < 1.29 is 14.3 Å². The Bertz CT molecular complexity index is 413. The summed E-state index contributed by atoms with van der Waals surface area (Å²) in [4.78, 5) is 13.4. The fourth-order valence-electron chi connectivity index (χ4n) is 1.34. The van der Waals surface area contributed by atoms with Crippen LogP contribution >= 0.6 is 0 Å². The van der Waals surface area contributed by atoms with Gasteiger partial charge in [0.15, 0.2) is 0 Å². The molecule has 0 fully saturated rings. The zero-order valence-electron chi connectivity index (χ0n) is 10.4. The molecule has 0 aromatic heterocycles. The van der Waals surface area contributed by atoms with Crippen molar-refractivity contribution in [1.29, 1.82) is 0 Å². The lowest BCUT2D eigenvalue weighted by Gasteiger charge is -2.14. The minimum Gasteiger partial charge on any atom is -0.496 e. The fraction of sp³-hybridized carbons (Fsp3) is 0.308. The number of amides is 1. The van der Waals surface area contributed by atoms with E-state index in [2.05, 4.69) is 6.58 Å². The number of methoxy groups -OCH3 is 1. The topological polar surface area (TPSA) is 38.8 Å². The van der Waals surface area contributed by atoms with Gasteiger partial charge in [0, 0.05) is 14.1 Å². The Balaban J connectivity index is 3.06. The molecule has 1 amide bonds. The van der Waals surface area contributed by atoms with E-state index in [0.29, 0.717) is 23.7 Å². The number of carbonyl (C=O) groups excluding carboxylic acids is 1. The first-order valence-corrected chi connectivity index (χ1v) is 5.23. The smallest absolute Gasteiger partial charge is 0.257 e. The highest BCUT2D eigenvalue weighted by atomic mass is 16.5. The van der Waals surface area contributed by atoms with Crippen LogP contribution in [0.1, 0.15) is 10.4 Å². The van der Waals surface area contributed by atoms with Crippen molar-refractivity contribution in [2.24, 2.45) is 0 Å². The second kappa shape index (κ2) is 5.94. The first kappa shape index (κ1) is 13.1. The van der Waals surface area contributed by atoms with Crippen LogP contribution in [0.5, 0.6) is 11.5 Å². The van der Waals surface area contributed by atoms with Crippen molar-refractivity contribution in [2.75, 3.05) is 27.8 Å². The van der Waals surface area contributed by atoms with Gasteiger partial charge >= 0.3 is 0 Å². The van der Waals surface area contributed by atoms with Gasteiger partial charge in [-0.2, -0.15) is 0 Å². The molecular formula is C13H17NO3. The molecular weight excluding hydrogens is 218 g/mol. The Hall–Kier alpha value is -1.97. The van der Waals surface area contributed by atoms with Crippen LogP contribution in [0.25, 0.3) is 0 Å². The summed E-state index contributed by atoms with van der Waals surface area (Å²) in [5, 5.41) is 0. The van der Waals surface area contributed by atoms with Gasteiger partial charge in [0.05, 0.1) is 12.7 Å². The lowest BCUT2D eigenvalue weighted by Crippen LogP contribution is -2.22. The summed E-state index contributed by atoms with van der Waals surface area (Å²) >= 11 is 0. The van der Waals surface area contributed by atoms with Crippen LogP contribution in [0.4, 0.5) is 0 Å². The quantitative estimate of drug-likeness (QED) is 0.732. The molecule has 0 aliphatic rings. The summed E-state index contributed by atoms with van der Waals surface area (Å²) in [5.74, 6) is 1.04. The monoisotopic (exact) mass is 235 g/mol. The van der Waals surface area contributed by atoms with Gasteiger partial charge in [-0.15, -0.1) is 0 Å². The molecule has 0 aliphatic carbocycles. The molecule has 0 atom stereocenters. The number of hydrogen-bond donors (Lipinski definition) is 0. The van der Waals surface area contributed by atoms with Gasteiger partial charge in [-0.05, 0) is 18.2 Å². The summed E-state index contributed by atoms with van der Waals surface area (Å²) in [5.41, 5.74) is 0.485. The summed E-state index contributed by atoms with van der Waals surface area (Å²) in [6, 6.07) is 5.15. The minimum absolute atomic E-state index is 0.120. The van der Waals surface area contributed by atoms with Crippen LogP contribution in [0.15, 0.2) is 30.9 Å². The molecule has 0 heterocycles. The second-order valence-electron chi connectivity index (χ2n) is 3.66. The van der Waals surface area contributed by atoms with Crippen molar-refractivity contribution in [3.05, 3.63) is 36.4 Å². The zero-order chi connectivity index (χ0) is 12.8. The zero-order valence-corrected chi connectivity index (χ0v) is 10.4. The van der Waals surface area contributed by atoms with Crippen LogP contribution in [-0.4, -0.2) is 38.6 Å². The van der Waals surface area contributed by atoms with E-state index in [4.69, 9.17) is 9.47 Å². The van der Waals surface area contributed by atoms with Gasteiger partial charge in [0.2, 0.25) is 0 Å². The molecule has 4 heteroatoms. The van der Waals surface area contributed by atoms with Crippen LogP contribution in [0, 0.1) is 0 Å². The van der Waals surface area contributed by atoms with E-state index >= 15 is 0 Å². The molecule has 0 bridgehead atoms. The summed E-state index contributed by atoms with van der Waals surface area (Å²) < 4.78 is 10.5. The summed E-state index contributed by atoms with van der Waals surface area (Å²) in [6.45, 7) is 3.98. The predicted molar refractivity (Wildman–Crippen MR) is 66.7 cm³/mol. The van der Waals surface area contributed by atoms with E-state index < -0.39 is 0 Å². The van der Waals surface area contributed by atoms with Gasteiger partial charge in [-0.1, -0.05) is 12.7 Å². The number of nitrogens with zero attached hydrogens (tertiary/aromatic N) is 1. The van der Waals surface area contributed by atoms with Crippen molar-refractivity contribution in [2.45, 2.75) is 0 Å². The average molecular weight is 235 g/mol. The Labute approximate surface area is 101 Å². The predicted octanol–water partition coefficient (Wildman–Crippen LogP) is 1.96. The molecule has 0 N–H and O–H groups in total. The molecule has 0 saturated carbocycles. The van der Waals surface area contributed by atoms with Gasteiger partial charge < -0.3 is 14.4 Å². The summed E-state index contributed by atoms with van der Waals surface area (Å²) in [7, 11) is 4.92. The molecule has 0 aliphatic heterocycles. The van der Waals surface area contributed by atoms with Gasteiger partial charge in [0.25, 0.3) is 5.91 Å². The van der Waals surface area contributed by atoms with Crippen LogP contribution in [0.3, 0.4) is 0 Å². The largest absolute Gasteiger partial charge is 0.496 e. The van der Waals surface area contributed by atoms with E-state index in [1.165, 1.54) is 12.0 Å². The maximum atomic E-state index is 11.9. The highest BCUT2D eigenvalue weighted by Crippen LogP contribution is 2.25. The van der Waals surface area contributed by atoms with Crippen molar-refractivity contribution in [3.63, 3.8) is 0 Å². The van der Waals surface area contributed by atoms with Crippen molar-refractivity contribution >= 4 is 5.91 Å². The lowest BCUT2D eigenvalue weighted by atomic mass is 10.1. The highest BCUT2D eigenvalue weighted by Gasteiger charge is 2.15. The maximum absolute atomic E-state index is 11.9. The van der Waals surface area contributed by atoms with Crippen LogP contribution < -0.4 is 9.47 Å². The second-order valence-corrected chi connectivity index (χ2v) is 3.66. The third-order valence-corrected chi connectivity index (χ3v) is 2.18. The minimum atomic E-state index is -0.120. The number of ether oxygens (including phenoxy) is 2. The maximum Gasteiger partial charge on any atom is 0.257 e. The average Bonchev–Trinajstić information content (AvgIpc) is 2.34. The number of hydrogen-bond acceptors (Lipinski definition) is 3. The van der Waals surface area contributed by atoms with Crippen LogP contribution in [0.2, 0.25) is 0 Å². The highest BCUT2D eigenvalue weighted by molar-refractivity contribution is 5.97. The normalized spacial score (nSPS) is 9.59. The molecule has 1 aromatic carbocycles. The third-order valence-electron chi connectivity index (χ3n) is 2.18. The Morgan fingerprint density at radius 1 is 1.47 bits per heavy atom. The Morgan fingerprint density at radius 2 is 2.18 bits per heavy atom. The molecule has 0 radical (unpaired) electrons. The number of rotatable bonds is 5. The molecule has 1 aromatic rings. The van der Waals surface area contributed by atoms with E-state index in [0.717, 1.165) is 0 Å². The van der Waals surface area contributed by atoms with Gasteiger partial charge in [-0.25, -0.2) is 0 Å². The first-order chi connectivity index (χ1) is 8.10. The van der Waals surface area contributed by atoms with E-state index in [1.807, 2.05) is 0 Å². The Morgan fingerprint density at radius 3 is 2.71 bits per heavy atom. The third kappa shape index (κ3) is 3.24. The van der Waals surface area contributed by atoms with Gasteiger partial charge in [-0.3, -0.25) is 4.79 Å². The van der Waals surface area contributed by atoms with Gasteiger partial charge in [0.1, 0.15) is 18.1 Å². The molecule has 4 nitrogen and oxygen atoms in total. The molecule has 0 saturated heterocycles. The van der Waals surface area contributed by atoms with Crippen molar-refractivity contribution in [1.82, 2.24) is 4.90 Å². The molecule has 0 spiro atoms. The molecule has 92 valence electrons. The SMILES string of the molecule is C=CCOc1ccc(OC)c(C(=O)N(C)C)c1. The first-order valence-electron chi connectivity index (χ1n) is 5.23. The molecule has 1 rings (SSSR count). The number of carbonyl (C=O) groups is 1. The Kier molecular flexibility index (Phi) is 4.57. The van der Waals surface area contributed by atoms with E-state index in [9.17, 15) is 4.79 Å². The summed E-state index contributed by atoms with van der Waals surface area (Å²) in [6.07, 6.45) is 1.65. The standard InChI is InChI=1S/C13H17NO3/c1-5-8-17-10-6-7-12(16-4)11(9-10)13(15)14(2)3/h5-7,9H,1,8H2,2-4H3.